The number of nitrogens with zero attached hydrogens (tertiary/aromatic N) is 2. The maximum Gasteiger partial charge on any atom is 0.129 e. The van der Waals surface area contributed by atoms with Crippen LogP contribution in [0.15, 0.2) is 23.7 Å². The Morgan fingerprint density at radius 3 is 2.65 bits per heavy atom. The van der Waals surface area contributed by atoms with Crippen molar-refractivity contribution in [2.75, 3.05) is 0 Å². The third kappa shape index (κ3) is 3.76. The molecule has 108 valence electrons. The van der Waals surface area contributed by atoms with Gasteiger partial charge in [0.15, 0.2) is 0 Å². The molecule has 0 saturated carbocycles. The molecule has 2 rings (SSSR count). The monoisotopic (exact) mass is 310 g/mol. The lowest BCUT2D eigenvalue weighted by Gasteiger charge is -2.16. The third-order valence-corrected chi connectivity index (χ3v) is 4.15. The summed E-state index contributed by atoms with van der Waals surface area (Å²) in [5, 5.41) is 3.66. The Morgan fingerprint density at radius 2 is 2.15 bits per heavy atom. The lowest BCUT2D eigenvalue weighted by Crippen LogP contribution is -2.29. The molecule has 0 fully saturated rings. The number of pyridine rings is 1. The number of nitrogens with one attached hydrogen (secondary N) is 1. The van der Waals surface area contributed by atoms with Crippen LogP contribution in [-0.4, -0.2) is 9.97 Å². The zero-order valence-electron chi connectivity index (χ0n) is 11.9. The molecule has 2 aromatic heterocycles. The number of hydrogen-bond donors (Lipinski definition) is 2. The molecule has 0 radical (unpaired) electrons. The van der Waals surface area contributed by atoms with E-state index >= 15 is 0 Å². The number of aromatic nitrogens is 2. The van der Waals surface area contributed by atoms with Gasteiger partial charge < -0.3 is 0 Å². The van der Waals surface area contributed by atoms with E-state index in [0.717, 1.165) is 22.7 Å². The molecule has 4 nitrogen and oxygen atoms in total. The average Bonchev–Trinajstić information content (AvgIpc) is 2.85. The van der Waals surface area contributed by atoms with Crippen molar-refractivity contribution in [1.29, 1.82) is 0 Å². The van der Waals surface area contributed by atoms with E-state index in [4.69, 9.17) is 17.4 Å². The van der Waals surface area contributed by atoms with E-state index in [9.17, 15) is 0 Å². The molecule has 0 aliphatic carbocycles. The molecule has 0 saturated heterocycles. The summed E-state index contributed by atoms with van der Waals surface area (Å²) in [6, 6.07) is 3.68. The predicted octanol–water partition coefficient (Wildman–Crippen LogP) is 3.24. The summed E-state index contributed by atoms with van der Waals surface area (Å²) in [6.07, 6.45) is 2.48. The van der Waals surface area contributed by atoms with Crippen molar-refractivity contribution in [2.45, 2.75) is 38.6 Å². The Hall–Kier alpha value is -1.01. The van der Waals surface area contributed by atoms with Crippen LogP contribution >= 0.6 is 22.9 Å². The number of thiazole rings is 1. The van der Waals surface area contributed by atoms with Crippen molar-refractivity contribution >= 4 is 22.9 Å². The Bertz CT molecular complexity index is 559. The molecule has 0 bridgehead atoms. The van der Waals surface area contributed by atoms with Crippen LogP contribution in [0.4, 0.5) is 0 Å². The second-order valence-corrected chi connectivity index (χ2v) is 7.04. The molecule has 0 spiro atoms. The second kappa shape index (κ2) is 6.18. The van der Waals surface area contributed by atoms with E-state index in [-0.39, 0.29) is 11.5 Å². The van der Waals surface area contributed by atoms with Crippen LogP contribution in [-0.2, 0) is 11.8 Å². The highest BCUT2D eigenvalue weighted by Gasteiger charge is 2.19. The van der Waals surface area contributed by atoms with Gasteiger partial charge in [0.2, 0.25) is 0 Å². The van der Waals surface area contributed by atoms with Crippen molar-refractivity contribution < 1.29 is 0 Å². The smallest absolute Gasteiger partial charge is 0.129 e. The normalized spacial score (nSPS) is 13.4. The fourth-order valence-electron chi connectivity index (χ4n) is 1.79. The molecular formula is C14H19ClN4S. The summed E-state index contributed by atoms with van der Waals surface area (Å²) in [6.45, 7) is 6.48. The number of nitrogens with two attached hydrogens (primary N) is 1. The maximum absolute atomic E-state index is 5.80. The Balaban J connectivity index is 2.14. The summed E-state index contributed by atoms with van der Waals surface area (Å²) >= 11 is 7.46. The average molecular weight is 311 g/mol. The first-order valence-corrected chi connectivity index (χ1v) is 7.68. The van der Waals surface area contributed by atoms with Gasteiger partial charge >= 0.3 is 0 Å². The van der Waals surface area contributed by atoms with Crippen LogP contribution in [0.25, 0.3) is 0 Å². The van der Waals surface area contributed by atoms with Gasteiger partial charge in [-0.25, -0.2) is 9.97 Å². The van der Waals surface area contributed by atoms with Crippen LogP contribution in [0.1, 0.15) is 43.1 Å². The van der Waals surface area contributed by atoms with Gasteiger partial charge in [-0.15, -0.1) is 11.3 Å². The maximum atomic E-state index is 5.80. The van der Waals surface area contributed by atoms with Gasteiger partial charge in [-0.05, 0) is 11.6 Å². The first kappa shape index (κ1) is 15.4. The van der Waals surface area contributed by atoms with Crippen molar-refractivity contribution in [3.05, 3.63) is 45.1 Å². The summed E-state index contributed by atoms with van der Waals surface area (Å²) in [5.74, 6) is 5.65. The van der Waals surface area contributed by atoms with Crippen molar-refractivity contribution in [2.24, 2.45) is 5.84 Å². The first-order valence-electron chi connectivity index (χ1n) is 6.42. The SMILES string of the molecule is CC(C)(C)c1csc(CC(NN)c2ccc(Cl)nc2)n1. The van der Waals surface area contributed by atoms with E-state index in [0.29, 0.717) is 5.15 Å². The van der Waals surface area contributed by atoms with Crippen LogP contribution in [0, 0.1) is 0 Å². The van der Waals surface area contributed by atoms with Gasteiger partial charge in [0.05, 0.1) is 16.7 Å². The molecule has 6 heteroatoms. The molecule has 2 aromatic rings. The zero-order valence-corrected chi connectivity index (χ0v) is 13.4. The van der Waals surface area contributed by atoms with E-state index in [1.165, 1.54) is 0 Å². The Kier molecular flexibility index (Phi) is 4.75. The third-order valence-electron chi connectivity index (χ3n) is 3.05. The molecule has 2 heterocycles. The quantitative estimate of drug-likeness (QED) is 0.517. The highest BCUT2D eigenvalue weighted by atomic mass is 35.5. The fraction of sp³-hybridized carbons (Fsp3) is 0.429. The van der Waals surface area contributed by atoms with E-state index in [2.05, 4.69) is 41.5 Å². The van der Waals surface area contributed by atoms with Gasteiger partial charge in [-0.1, -0.05) is 38.4 Å². The van der Waals surface area contributed by atoms with Crippen LogP contribution in [0.3, 0.4) is 0 Å². The summed E-state index contributed by atoms with van der Waals surface area (Å²) in [7, 11) is 0. The molecule has 0 aliphatic rings. The minimum atomic E-state index is -0.0151. The minimum absolute atomic E-state index is 0.0151. The topological polar surface area (TPSA) is 63.8 Å². The molecule has 0 amide bonds. The molecule has 3 N–H and O–H groups in total. The number of rotatable bonds is 4. The van der Waals surface area contributed by atoms with E-state index in [1.54, 1.807) is 23.6 Å². The standard InChI is InChI=1S/C14H19ClN4S/c1-14(2,3)11-8-20-13(18-11)6-10(19-16)9-4-5-12(15)17-7-9/h4-5,7-8,10,19H,6,16H2,1-3H3. The number of hydrogen-bond acceptors (Lipinski definition) is 5. The van der Waals surface area contributed by atoms with Crippen molar-refractivity contribution in [3.63, 3.8) is 0 Å². The second-order valence-electron chi connectivity index (χ2n) is 5.71. The number of halogens is 1. The molecule has 0 aliphatic heterocycles. The van der Waals surface area contributed by atoms with E-state index in [1.807, 2.05) is 6.07 Å². The minimum Gasteiger partial charge on any atom is -0.271 e. The van der Waals surface area contributed by atoms with Crippen LogP contribution in [0.2, 0.25) is 5.15 Å². The summed E-state index contributed by atoms with van der Waals surface area (Å²) in [4.78, 5) is 8.78. The van der Waals surface area contributed by atoms with Crippen molar-refractivity contribution in [3.8, 4) is 0 Å². The van der Waals surface area contributed by atoms with Gasteiger partial charge in [0.1, 0.15) is 5.15 Å². The van der Waals surface area contributed by atoms with Gasteiger partial charge in [-0.2, -0.15) is 0 Å². The lowest BCUT2D eigenvalue weighted by atomic mass is 9.93. The Morgan fingerprint density at radius 1 is 1.40 bits per heavy atom. The summed E-state index contributed by atoms with van der Waals surface area (Å²) < 4.78 is 0. The molecule has 1 atom stereocenters. The van der Waals surface area contributed by atoms with Crippen molar-refractivity contribution in [1.82, 2.24) is 15.4 Å². The Labute approximate surface area is 128 Å². The van der Waals surface area contributed by atoms with Gasteiger partial charge in [-0.3, -0.25) is 11.3 Å². The predicted molar refractivity (Wildman–Crippen MR) is 83.8 cm³/mol. The first-order chi connectivity index (χ1) is 9.40. The summed E-state index contributed by atoms with van der Waals surface area (Å²) in [5.41, 5.74) is 5.01. The van der Waals surface area contributed by atoms with Crippen LogP contribution < -0.4 is 11.3 Å². The highest BCUT2D eigenvalue weighted by Crippen LogP contribution is 2.26. The van der Waals surface area contributed by atoms with Gasteiger partial charge in [0, 0.05) is 23.4 Å². The fourth-order valence-corrected chi connectivity index (χ4v) is 2.97. The highest BCUT2D eigenvalue weighted by molar-refractivity contribution is 7.09. The zero-order chi connectivity index (χ0) is 14.8. The molecular weight excluding hydrogens is 292 g/mol. The lowest BCUT2D eigenvalue weighted by molar-refractivity contribution is 0.540. The van der Waals surface area contributed by atoms with E-state index < -0.39 is 0 Å². The number of hydrazine groups is 1. The van der Waals surface area contributed by atoms with Crippen LogP contribution in [0.5, 0.6) is 0 Å². The largest absolute Gasteiger partial charge is 0.271 e. The molecule has 20 heavy (non-hydrogen) atoms. The van der Waals surface area contributed by atoms with Gasteiger partial charge in [0.25, 0.3) is 0 Å². The molecule has 1 unspecified atom stereocenters. The molecule has 0 aromatic carbocycles.